The van der Waals surface area contributed by atoms with Crippen molar-refractivity contribution in [2.75, 3.05) is 5.32 Å². The highest BCUT2D eigenvalue weighted by molar-refractivity contribution is 6.09. The predicted octanol–water partition coefficient (Wildman–Crippen LogP) is 2.33. The zero-order chi connectivity index (χ0) is 17.7. The lowest BCUT2D eigenvalue weighted by molar-refractivity contribution is -0.115. The first-order chi connectivity index (χ1) is 11.4. The molecule has 3 amide bonds. The third-order valence-corrected chi connectivity index (χ3v) is 3.27. The molecule has 0 atom stereocenters. The number of anilines is 1. The number of hydrogen-bond acceptors (Lipinski definition) is 4. The van der Waals surface area contributed by atoms with E-state index in [2.05, 4.69) is 5.32 Å². The Hall–Kier alpha value is -3.06. The molecule has 0 saturated heterocycles. The highest BCUT2D eigenvalue weighted by atomic mass is 19.1. The van der Waals surface area contributed by atoms with E-state index in [-0.39, 0.29) is 17.0 Å². The van der Waals surface area contributed by atoms with Crippen molar-refractivity contribution in [3.05, 3.63) is 65.5 Å². The van der Waals surface area contributed by atoms with E-state index < -0.39 is 17.6 Å². The molecule has 0 aliphatic carbocycles. The number of rotatable bonds is 4. The second-order valence-electron chi connectivity index (χ2n) is 4.97. The Labute approximate surface area is 138 Å². The molecular weight excluding hydrogens is 313 g/mol. The number of halogens is 1. The number of imide groups is 1. The van der Waals surface area contributed by atoms with E-state index in [1.165, 1.54) is 36.4 Å². The first-order valence-corrected chi connectivity index (χ1v) is 7.21. The summed E-state index contributed by atoms with van der Waals surface area (Å²) in [5.41, 5.74) is 0.813. The monoisotopic (exact) mass is 329 g/mol. The Balaban J connectivity index is 2.11. The van der Waals surface area contributed by atoms with Gasteiger partial charge in [0.25, 0.3) is 11.8 Å². The van der Waals surface area contributed by atoms with Gasteiger partial charge in [0.15, 0.2) is 0 Å². The van der Waals surface area contributed by atoms with Crippen LogP contribution in [0, 0.1) is 5.82 Å². The number of nitrogens with two attached hydrogens (primary N) is 1. The maximum Gasteiger partial charge on any atom is 0.275 e. The third-order valence-electron chi connectivity index (χ3n) is 3.27. The Morgan fingerprint density at radius 3 is 1.88 bits per heavy atom. The van der Waals surface area contributed by atoms with Crippen LogP contribution < -0.4 is 11.2 Å². The molecule has 0 aromatic heterocycles. The largest absolute Gasteiger partial charge is 0.326 e. The van der Waals surface area contributed by atoms with Crippen LogP contribution in [0.2, 0.25) is 0 Å². The van der Waals surface area contributed by atoms with Gasteiger partial charge in [0, 0.05) is 23.2 Å². The van der Waals surface area contributed by atoms with E-state index in [0.29, 0.717) is 17.1 Å². The second-order valence-corrected chi connectivity index (χ2v) is 4.97. The Morgan fingerprint density at radius 2 is 1.42 bits per heavy atom. The lowest BCUT2D eigenvalue weighted by Crippen LogP contribution is -2.42. The minimum atomic E-state index is -0.747. The number of hydrogen-bond donors (Lipinski definition) is 2. The molecule has 2 aromatic rings. The smallest absolute Gasteiger partial charge is 0.275 e. The fraction of sp³-hybridized carbons (Fsp3) is 0.118. The average molecular weight is 329 g/mol. The van der Waals surface area contributed by atoms with Crippen LogP contribution in [-0.2, 0) is 4.79 Å². The highest BCUT2D eigenvalue weighted by Gasteiger charge is 2.21. The number of carbonyl (C=O) groups is 3. The molecule has 24 heavy (non-hydrogen) atoms. The van der Waals surface area contributed by atoms with Gasteiger partial charge >= 0.3 is 0 Å². The molecule has 0 aliphatic rings. The molecule has 124 valence electrons. The van der Waals surface area contributed by atoms with Crippen LogP contribution in [0.25, 0.3) is 0 Å². The first kappa shape index (κ1) is 17.3. The minimum absolute atomic E-state index is 0.0964. The number of nitrogens with zero attached hydrogens (tertiary/aromatic N) is 1. The molecular formula is C17H16FN3O3. The lowest BCUT2D eigenvalue weighted by atomic mass is 10.1. The van der Waals surface area contributed by atoms with Gasteiger partial charge in [0.2, 0.25) is 5.91 Å². The Kier molecular flexibility index (Phi) is 5.39. The first-order valence-electron chi connectivity index (χ1n) is 7.21. The molecule has 0 radical (unpaired) electrons. The van der Waals surface area contributed by atoms with Crippen molar-refractivity contribution in [2.45, 2.75) is 13.3 Å². The summed E-state index contributed by atoms with van der Waals surface area (Å²) >= 11 is 0. The van der Waals surface area contributed by atoms with E-state index in [9.17, 15) is 18.8 Å². The molecule has 0 unspecified atom stereocenters. The van der Waals surface area contributed by atoms with Gasteiger partial charge in [-0.1, -0.05) is 6.92 Å². The Morgan fingerprint density at radius 1 is 0.958 bits per heavy atom. The van der Waals surface area contributed by atoms with Gasteiger partial charge in [-0.3, -0.25) is 14.4 Å². The molecule has 0 aliphatic heterocycles. The topological polar surface area (TPSA) is 92.5 Å². The van der Waals surface area contributed by atoms with Crippen LogP contribution in [0.5, 0.6) is 0 Å². The van der Waals surface area contributed by atoms with Crippen molar-refractivity contribution in [2.24, 2.45) is 5.84 Å². The lowest BCUT2D eigenvalue weighted by Gasteiger charge is -2.15. The number of carbonyl (C=O) groups excluding carboxylic acids is 3. The predicted molar refractivity (Wildman–Crippen MR) is 86.5 cm³/mol. The molecule has 0 saturated carbocycles. The van der Waals surface area contributed by atoms with Crippen LogP contribution in [0.1, 0.15) is 34.1 Å². The van der Waals surface area contributed by atoms with Crippen LogP contribution >= 0.6 is 0 Å². The van der Waals surface area contributed by atoms with Crippen LogP contribution in [0.15, 0.2) is 48.5 Å². The van der Waals surface area contributed by atoms with Gasteiger partial charge in [-0.05, 0) is 48.5 Å². The van der Waals surface area contributed by atoms with Crippen LogP contribution in [0.4, 0.5) is 10.1 Å². The van der Waals surface area contributed by atoms with Crippen molar-refractivity contribution in [3.8, 4) is 0 Å². The fourth-order valence-corrected chi connectivity index (χ4v) is 1.91. The Bertz CT molecular complexity index is 758. The molecule has 2 aromatic carbocycles. The highest BCUT2D eigenvalue weighted by Crippen LogP contribution is 2.13. The summed E-state index contributed by atoms with van der Waals surface area (Å²) in [5, 5.41) is 3.11. The minimum Gasteiger partial charge on any atom is -0.326 e. The standard InChI is InChI=1S/C17H16FN3O3/c1-2-15(22)20-14-9-5-12(6-10-14)17(24)21(19)16(23)11-3-7-13(18)8-4-11/h3-10H,2,19H2,1H3,(H,20,22). The summed E-state index contributed by atoms with van der Waals surface area (Å²) in [7, 11) is 0. The second kappa shape index (κ2) is 7.47. The molecule has 0 spiro atoms. The maximum atomic E-state index is 12.9. The van der Waals surface area contributed by atoms with Crippen LogP contribution in [0.3, 0.4) is 0 Å². The maximum absolute atomic E-state index is 12.9. The summed E-state index contributed by atoms with van der Waals surface area (Å²) in [6, 6.07) is 10.7. The molecule has 7 heteroatoms. The fourth-order valence-electron chi connectivity index (χ4n) is 1.91. The van der Waals surface area contributed by atoms with Crippen molar-refractivity contribution >= 4 is 23.4 Å². The summed E-state index contributed by atoms with van der Waals surface area (Å²) in [5.74, 6) is 3.47. The molecule has 3 N–H and O–H groups in total. The van der Waals surface area contributed by atoms with Crippen molar-refractivity contribution in [1.29, 1.82) is 0 Å². The van der Waals surface area contributed by atoms with E-state index in [0.717, 1.165) is 12.1 Å². The number of nitrogens with one attached hydrogen (secondary N) is 1. The molecule has 2 rings (SSSR count). The molecule has 0 bridgehead atoms. The van der Waals surface area contributed by atoms with E-state index in [1.807, 2.05) is 0 Å². The molecule has 0 heterocycles. The summed E-state index contributed by atoms with van der Waals surface area (Å²) in [4.78, 5) is 35.7. The van der Waals surface area contributed by atoms with Crippen LogP contribution in [-0.4, -0.2) is 22.7 Å². The molecule has 0 fully saturated rings. The number of hydrazine groups is 1. The zero-order valence-electron chi connectivity index (χ0n) is 13.0. The SMILES string of the molecule is CCC(=O)Nc1ccc(C(=O)N(N)C(=O)c2ccc(F)cc2)cc1. The number of benzene rings is 2. The quantitative estimate of drug-likeness (QED) is 0.390. The third kappa shape index (κ3) is 4.02. The van der Waals surface area contributed by atoms with Gasteiger partial charge in [-0.25, -0.2) is 15.2 Å². The van der Waals surface area contributed by atoms with Gasteiger partial charge < -0.3 is 5.32 Å². The summed E-state index contributed by atoms with van der Waals surface area (Å²) in [6.07, 6.45) is 0.337. The van der Waals surface area contributed by atoms with Crippen molar-refractivity contribution in [1.82, 2.24) is 5.01 Å². The van der Waals surface area contributed by atoms with Gasteiger partial charge in [0.05, 0.1) is 0 Å². The van der Waals surface area contributed by atoms with E-state index >= 15 is 0 Å². The van der Waals surface area contributed by atoms with E-state index in [4.69, 9.17) is 5.84 Å². The normalized spacial score (nSPS) is 10.1. The summed E-state index contributed by atoms with van der Waals surface area (Å²) < 4.78 is 12.9. The number of amides is 3. The van der Waals surface area contributed by atoms with Gasteiger partial charge in [0.1, 0.15) is 5.82 Å². The van der Waals surface area contributed by atoms with Gasteiger partial charge in [-0.15, -0.1) is 0 Å². The van der Waals surface area contributed by atoms with E-state index in [1.54, 1.807) is 6.92 Å². The van der Waals surface area contributed by atoms with Crippen molar-refractivity contribution in [3.63, 3.8) is 0 Å². The average Bonchev–Trinajstić information content (AvgIpc) is 2.61. The zero-order valence-corrected chi connectivity index (χ0v) is 13.0. The summed E-state index contributed by atoms with van der Waals surface area (Å²) in [6.45, 7) is 1.72. The molecule has 6 nitrogen and oxygen atoms in total. The van der Waals surface area contributed by atoms with Gasteiger partial charge in [-0.2, -0.15) is 0 Å². The van der Waals surface area contributed by atoms with Crippen molar-refractivity contribution < 1.29 is 18.8 Å².